The highest BCUT2D eigenvalue weighted by molar-refractivity contribution is 5.98. The Hall–Kier alpha value is -2.37. The van der Waals surface area contributed by atoms with Crippen LogP contribution in [0, 0.1) is 5.92 Å². The molecule has 6 nitrogen and oxygen atoms in total. The number of hydrogen-bond acceptors (Lipinski definition) is 3. The number of amides is 2. The number of carbonyl (C=O) groups is 3. The van der Waals surface area contributed by atoms with Crippen molar-refractivity contribution in [1.29, 1.82) is 0 Å². The van der Waals surface area contributed by atoms with Gasteiger partial charge in [-0.05, 0) is 44.2 Å². The molecule has 0 radical (unpaired) electrons. The zero-order valence-electron chi connectivity index (χ0n) is 15.1. The molecule has 0 aromatic heterocycles. The van der Waals surface area contributed by atoms with Crippen molar-refractivity contribution < 1.29 is 19.5 Å². The number of aliphatic carboxylic acids is 1. The van der Waals surface area contributed by atoms with Crippen molar-refractivity contribution in [2.45, 2.75) is 51.1 Å². The molecule has 26 heavy (non-hydrogen) atoms. The molecule has 1 aliphatic carbocycles. The molecule has 1 N–H and O–H groups in total. The number of fused-ring (bicyclic) bond motifs is 1. The maximum atomic E-state index is 13.2. The third-order valence-corrected chi connectivity index (χ3v) is 5.65. The molecule has 2 fully saturated rings. The summed E-state index contributed by atoms with van der Waals surface area (Å²) in [6, 6.07) is 8.56. The molecule has 2 amide bonds. The van der Waals surface area contributed by atoms with Crippen LogP contribution in [-0.4, -0.2) is 57.9 Å². The van der Waals surface area contributed by atoms with E-state index in [-0.39, 0.29) is 24.4 Å². The lowest BCUT2D eigenvalue weighted by Gasteiger charge is -2.35. The molecule has 140 valence electrons. The van der Waals surface area contributed by atoms with E-state index in [0.717, 1.165) is 25.7 Å². The van der Waals surface area contributed by atoms with E-state index in [2.05, 4.69) is 0 Å². The van der Waals surface area contributed by atoms with Gasteiger partial charge < -0.3 is 14.9 Å². The van der Waals surface area contributed by atoms with Crippen molar-refractivity contribution >= 4 is 17.8 Å². The van der Waals surface area contributed by atoms with Crippen LogP contribution in [0.25, 0.3) is 0 Å². The Balaban J connectivity index is 1.89. The fourth-order valence-corrected chi connectivity index (χ4v) is 4.42. The summed E-state index contributed by atoms with van der Waals surface area (Å²) in [4.78, 5) is 40.5. The Morgan fingerprint density at radius 2 is 1.85 bits per heavy atom. The van der Waals surface area contributed by atoms with Gasteiger partial charge in [-0.25, -0.2) is 0 Å². The number of likely N-dealkylation sites (N-methyl/N-ethyl adjacent to an activating group) is 1. The third-order valence-electron chi connectivity index (χ3n) is 5.65. The molecule has 1 aliphatic heterocycles. The Morgan fingerprint density at radius 3 is 2.50 bits per heavy atom. The summed E-state index contributed by atoms with van der Waals surface area (Å²) >= 11 is 0. The normalized spacial score (nSPS) is 24.8. The van der Waals surface area contributed by atoms with Crippen molar-refractivity contribution in [3.05, 3.63) is 35.9 Å². The predicted octanol–water partition coefficient (Wildman–Crippen LogP) is 2.39. The van der Waals surface area contributed by atoms with Crippen LogP contribution in [0.2, 0.25) is 0 Å². The molecular formula is C20H26N2O4. The summed E-state index contributed by atoms with van der Waals surface area (Å²) in [5, 5.41) is 9.09. The number of hydrogen-bond donors (Lipinski definition) is 1. The van der Waals surface area contributed by atoms with Crippen LogP contribution in [0.3, 0.4) is 0 Å². The van der Waals surface area contributed by atoms with Gasteiger partial charge >= 0.3 is 5.97 Å². The standard InChI is InChI=1S/C20H26N2O4/c1-2-21(13-18(23)24)20(26)17-12-15-10-6-7-11-16(15)22(17)19(25)14-8-4-3-5-9-14/h3-5,8-9,15-17H,2,6-7,10-13H2,1H3,(H,23,24). The highest BCUT2D eigenvalue weighted by Gasteiger charge is 2.48. The molecule has 0 bridgehead atoms. The summed E-state index contributed by atoms with van der Waals surface area (Å²) in [5.74, 6) is -1.07. The van der Waals surface area contributed by atoms with Crippen molar-refractivity contribution in [1.82, 2.24) is 9.80 Å². The maximum Gasteiger partial charge on any atom is 0.323 e. The molecule has 2 aliphatic rings. The van der Waals surface area contributed by atoms with E-state index < -0.39 is 12.0 Å². The van der Waals surface area contributed by atoms with E-state index in [0.29, 0.717) is 24.4 Å². The van der Waals surface area contributed by atoms with Gasteiger partial charge in [0.15, 0.2) is 0 Å². The first-order chi connectivity index (χ1) is 12.5. The summed E-state index contributed by atoms with van der Waals surface area (Å²) in [6.07, 6.45) is 4.77. The molecule has 3 atom stereocenters. The van der Waals surface area contributed by atoms with E-state index in [1.54, 1.807) is 24.0 Å². The van der Waals surface area contributed by atoms with Gasteiger partial charge in [0.25, 0.3) is 5.91 Å². The minimum Gasteiger partial charge on any atom is -0.480 e. The monoisotopic (exact) mass is 358 g/mol. The lowest BCUT2D eigenvalue weighted by Crippen LogP contribution is -2.51. The van der Waals surface area contributed by atoms with Crippen molar-refractivity contribution in [2.24, 2.45) is 5.92 Å². The molecule has 1 saturated heterocycles. The molecular weight excluding hydrogens is 332 g/mol. The minimum atomic E-state index is -1.03. The molecule has 1 heterocycles. The Labute approximate surface area is 153 Å². The Kier molecular flexibility index (Phi) is 5.59. The van der Waals surface area contributed by atoms with Gasteiger partial charge in [0.05, 0.1) is 0 Å². The smallest absolute Gasteiger partial charge is 0.323 e. The number of likely N-dealkylation sites (tertiary alicyclic amines) is 1. The summed E-state index contributed by atoms with van der Waals surface area (Å²) < 4.78 is 0. The average molecular weight is 358 g/mol. The minimum absolute atomic E-state index is 0.0777. The average Bonchev–Trinajstić information content (AvgIpc) is 3.05. The van der Waals surface area contributed by atoms with Gasteiger partial charge in [-0.2, -0.15) is 0 Å². The highest BCUT2D eigenvalue weighted by atomic mass is 16.4. The molecule has 3 rings (SSSR count). The van der Waals surface area contributed by atoms with Crippen molar-refractivity contribution in [3.8, 4) is 0 Å². The predicted molar refractivity (Wildman–Crippen MR) is 96.7 cm³/mol. The van der Waals surface area contributed by atoms with E-state index in [4.69, 9.17) is 5.11 Å². The highest BCUT2D eigenvalue weighted by Crippen LogP contribution is 2.41. The number of carboxylic acids is 1. The fraction of sp³-hybridized carbons (Fsp3) is 0.550. The van der Waals surface area contributed by atoms with Gasteiger partial charge in [-0.15, -0.1) is 0 Å². The van der Waals surface area contributed by atoms with Crippen LogP contribution in [0.1, 0.15) is 49.4 Å². The fourth-order valence-electron chi connectivity index (χ4n) is 4.42. The first-order valence-corrected chi connectivity index (χ1v) is 9.41. The molecule has 3 unspecified atom stereocenters. The summed E-state index contributed by atoms with van der Waals surface area (Å²) in [5.41, 5.74) is 0.581. The van der Waals surface area contributed by atoms with E-state index in [9.17, 15) is 14.4 Å². The van der Waals surface area contributed by atoms with Crippen molar-refractivity contribution in [3.63, 3.8) is 0 Å². The Morgan fingerprint density at radius 1 is 1.15 bits per heavy atom. The van der Waals surface area contributed by atoms with Gasteiger partial charge in [-0.1, -0.05) is 31.0 Å². The second-order valence-electron chi connectivity index (χ2n) is 7.19. The number of carboxylic acid groups (broad SMARTS) is 1. The van der Waals surface area contributed by atoms with Crippen LogP contribution in [0.4, 0.5) is 0 Å². The zero-order valence-corrected chi connectivity index (χ0v) is 15.1. The third kappa shape index (κ3) is 3.59. The van der Waals surface area contributed by atoms with Crippen LogP contribution in [0.5, 0.6) is 0 Å². The van der Waals surface area contributed by atoms with Gasteiger partial charge in [0, 0.05) is 18.2 Å². The zero-order chi connectivity index (χ0) is 18.7. The van der Waals surface area contributed by atoms with Crippen LogP contribution in [0.15, 0.2) is 30.3 Å². The largest absolute Gasteiger partial charge is 0.480 e. The number of rotatable bonds is 5. The van der Waals surface area contributed by atoms with E-state index >= 15 is 0 Å². The number of carbonyl (C=O) groups excluding carboxylic acids is 2. The lowest BCUT2D eigenvalue weighted by molar-refractivity contribution is -0.146. The molecule has 1 saturated carbocycles. The first kappa shape index (κ1) is 18.4. The van der Waals surface area contributed by atoms with Gasteiger partial charge in [-0.3, -0.25) is 14.4 Å². The van der Waals surface area contributed by atoms with Crippen LogP contribution in [-0.2, 0) is 9.59 Å². The molecule has 1 aromatic rings. The van der Waals surface area contributed by atoms with Crippen LogP contribution >= 0.6 is 0 Å². The SMILES string of the molecule is CCN(CC(=O)O)C(=O)C1CC2CCCCC2N1C(=O)c1ccccc1. The second kappa shape index (κ2) is 7.89. The maximum absolute atomic E-state index is 13.2. The molecule has 6 heteroatoms. The number of benzene rings is 1. The van der Waals surface area contributed by atoms with Crippen LogP contribution < -0.4 is 0 Å². The Bertz CT molecular complexity index is 676. The lowest BCUT2D eigenvalue weighted by atomic mass is 9.84. The second-order valence-corrected chi connectivity index (χ2v) is 7.19. The molecule has 0 spiro atoms. The first-order valence-electron chi connectivity index (χ1n) is 9.41. The van der Waals surface area contributed by atoms with Gasteiger partial charge in [0.2, 0.25) is 5.91 Å². The van der Waals surface area contributed by atoms with Gasteiger partial charge in [0.1, 0.15) is 12.6 Å². The molecule has 1 aromatic carbocycles. The topological polar surface area (TPSA) is 77.9 Å². The van der Waals surface area contributed by atoms with E-state index in [1.807, 2.05) is 18.2 Å². The number of nitrogens with zero attached hydrogens (tertiary/aromatic N) is 2. The van der Waals surface area contributed by atoms with E-state index in [1.165, 1.54) is 4.90 Å². The summed E-state index contributed by atoms with van der Waals surface area (Å²) in [6.45, 7) is 1.77. The quantitative estimate of drug-likeness (QED) is 0.877. The summed E-state index contributed by atoms with van der Waals surface area (Å²) in [7, 11) is 0. The van der Waals surface area contributed by atoms with Crippen molar-refractivity contribution in [2.75, 3.05) is 13.1 Å².